The van der Waals surface area contributed by atoms with Crippen LogP contribution in [-0.2, 0) is 7.05 Å². The monoisotopic (exact) mass is 382 g/mol. The van der Waals surface area contributed by atoms with Gasteiger partial charge in [0.2, 0.25) is 0 Å². The Bertz CT molecular complexity index is 1060. The fourth-order valence-corrected chi connectivity index (χ4v) is 4.70. The van der Waals surface area contributed by atoms with Gasteiger partial charge in [-0.05, 0) is 31.5 Å². The molecule has 1 fully saturated rings. The van der Waals surface area contributed by atoms with Crippen molar-refractivity contribution in [3.05, 3.63) is 57.0 Å². The summed E-state index contributed by atoms with van der Waals surface area (Å²) in [7, 11) is 1.71. The first kappa shape index (κ1) is 17.7. The molecular formula is C20H22N4O2S. The minimum Gasteiger partial charge on any atom is -0.368 e. The van der Waals surface area contributed by atoms with Crippen molar-refractivity contribution < 1.29 is 4.79 Å². The topological polar surface area (TPSA) is 58.4 Å². The number of hydrogen-bond acceptors (Lipinski definition) is 5. The molecule has 1 aromatic carbocycles. The first-order valence-electron chi connectivity index (χ1n) is 9.03. The second-order valence-corrected chi connectivity index (χ2v) is 7.87. The van der Waals surface area contributed by atoms with Crippen LogP contribution in [0.2, 0.25) is 0 Å². The fraction of sp³-hybridized carbons (Fsp3) is 0.350. The average molecular weight is 382 g/mol. The molecule has 0 atom stereocenters. The molecule has 0 bridgehead atoms. The first-order chi connectivity index (χ1) is 13.0. The van der Waals surface area contributed by atoms with Crippen LogP contribution in [0.15, 0.2) is 35.1 Å². The van der Waals surface area contributed by atoms with E-state index < -0.39 is 0 Å². The van der Waals surface area contributed by atoms with Crippen molar-refractivity contribution >= 4 is 33.1 Å². The SMILES string of the molecule is Cc1c(C(=O)N2CCN(c3ccccc3)CC2)sc2nc(C)n(C)c(=O)c12. The molecule has 0 radical (unpaired) electrons. The fourth-order valence-electron chi connectivity index (χ4n) is 3.52. The summed E-state index contributed by atoms with van der Waals surface area (Å²) in [5, 5.41) is 0.569. The highest BCUT2D eigenvalue weighted by atomic mass is 32.1. The van der Waals surface area contributed by atoms with Crippen molar-refractivity contribution in [2.24, 2.45) is 7.05 Å². The summed E-state index contributed by atoms with van der Waals surface area (Å²) in [6, 6.07) is 10.3. The molecule has 0 unspecified atom stereocenters. The number of aryl methyl sites for hydroxylation is 2. The van der Waals surface area contributed by atoms with Crippen molar-refractivity contribution in [1.82, 2.24) is 14.5 Å². The van der Waals surface area contributed by atoms with Crippen LogP contribution >= 0.6 is 11.3 Å². The zero-order chi connectivity index (χ0) is 19.1. The normalized spacial score (nSPS) is 14.8. The van der Waals surface area contributed by atoms with Crippen LogP contribution in [-0.4, -0.2) is 46.5 Å². The number of amides is 1. The first-order valence-corrected chi connectivity index (χ1v) is 9.85. The maximum absolute atomic E-state index is 13.1. The number of hydrogen-bond donors (Lipinski definition) is 0. The smallest absolute Gasteiger partial charge is 0.264 e. The highest BCUT2D eigenvalue weighted by Crippen LogP contribution is 2.29. The van der Waals surface area contributed by atoms with Gasteiger partial charge >= 0.3 is 0 Å². The molecule has 140 valence electrons. The van der Waals surface area contributed by atoms with Crippen molar-refractivity contribution in [2.45, 2.75) is 13.8 Å². The van der Waals surface area contributed by atoms with Gasteiger partial charge in [-0.1, -0.05) is 18.2 Å². The van der Waals surface area contributed by atoms with E-state index in [9.17, 15) is 9.59 Å². The van der Waals surface area contributed by atoms with Crippen molar-refractivity contribution in [3.63, 3.8) is 0 Å². The van der Waals surface area contributed by atoms with Gasteiger partial charge in [-0.25, -0.2) is 4.98 Å². The molecule has 2 aromatic heterocycles. The third-order valence-corrected chi connectivity index (χ3v) is 6.45. The van der Waals surface area contributed by atoms with Gasteiger partial charge in [-0.3, -0.25) is 14.2 Å². The van der Waals surface area contributed by atoms with Gasteiger partial charge in [0.05, 0.1) is 10.3 Å². The number of para-hydroxylation sites is 1. The van der Waals surface area contributed by atoms with Gasteiger partial charge in [0.25, 0.3) is 11.5 Å². The predicted octanol–water partition coefficient (Wildman–Crippen LogP) is 2.57. The molecule has 0 spiro atoms. The predicted molar refractivity (Wildman–Crippen MR) is 109 cm³/mol. The van der Waals surface area contributed by atoms with E-state index in [0.29, 0.717) is 34.0 Å². The summed E-state index contributed by atoms with van der Waals surface area (Å²) in [5.41, 5.74) is 1.85. The maximum atomic E-state index is 13.1. The standard InChI is InChI=1S/C20H22N4O2S/c1-13-16-18(21-14(2)22(3)19(16)25)27-17(13)20(26)24-11-9-23(10-12-24)15-7-5-4-6-8-15/h4-8H,9-12H2,1-3H3. The van der Waals surface area contributed by atoms with Crippen LogP contribution in [0.4, 0.5) is 5.69 Å². The lowest BCUT2D eigenvalue weighted by Crippen LogP contribution is -2.48. The molecule has 6 nitrogen and oxygen atoms in total. The lowest BCUT2D eigenvalue weighted by molar-refractivity contribution is 0.0751. The van der Waals surface area contributed by atoms with E-state index >= 15 is 0 Å². The van der Waals surface area contributed by atoms with Gasteiger partial charge in [0, 0.05) is 38.9 Å². The summed E-state index contributed by atoms with van der Waals surface area (Å²) in [5.74, 6) is 0.659. The van der Waals surface area contributed by atoms with Crippen LogP contribution in [0.1, 0.15) is 21.1 Å². The van der Waals surface area contributed by atoms with E-state index in [2.05, 4.69) is 22.0 Å². The quantitative estimate of drug-likeness (QED) is 0.684. The maximum Gasteiger partial charge on any atom is 0.264 e. The van der Waals surface area contributed by atoms with Crippen molar-refractivity contribution in [3.8, 4) is 0 Å². The van der Waals surface area contributed by atoms with E-state index in [1.807, 2.05) is 30.0 Å². The second-order valence-electron chi connectivity index (χ2n) is 6.87. The number of carbonyl (C=O) groups is 1. The molecule has 3 aromatic rings. The third kappa shape index (κ3) is 3.02. The van der Waals surface area contributed by atoms with Crippen LogP contribution in [0.5, 0.6) is 0 Å². The van der Waals surface area contributed by atoms with Gasteiger partial charge in [0.15, 0.2) is 0 Å². The Hall–Kier alpha value is -2.67. The summed E-state index contributed by atoms with van der Waals surface area (Å²) < 4.78 is 1.54. The summed E-state index contributed by atoms with van der Waals surface area (Å²) in [4.78, 5) is 35.6. The van der Waals surface area contributed by atoms with Gasteiger partial charge in [-0.15, -0.1) is 11.3 Å². The molecule has 0 N–H and O–H groups in total. The number of benzene rings is 1. The summed E-state index contributed by atoms with van der Waals surface area (Å²) in [6.07, 6.45) is 0. The van der Waals surface area contributed by atoms with Crippen LogP contribution in [0.3, 0.4) is 0 Å². The van der Waals surface area contributed by atoms with Gasteiger partial charge in [-0.2, -0.15) is 0 Å². The highest BCUT2D eigenvalue weighted by molar-refractivity contribution is 7.20. The number of nitrogens with zero attached hydrogens (tertiary/aromatic N) is 4. The third-order valence-electron chi connectivity index (χ3n) is 5.28. The number of piperazine rings is 1. The number of fused-ring (bicyclic) bond motifs is 1. The van der Waals surface area contributed by atoms with Gasteiger partial charge in [0.1, 0.15) is 10.7 Å². The minimum absolute atomic E-state index is 0.00270. The molecule has 27 heavy (non-hydrogen) atoms. The van der Waals surface area contributed by atoms with Crippen LogP contribution in [0.25, 0.3) is 10.2 Å². The molecule has 1 amide bonds. The Kier molecular flexibility index (Phi) is 4.47. The number of aromatic nitrogens is 2. The number of anilines is 1. The molecule has 7 heteroatoms. The Balaban J connectivity index is 1.58. The molecule has 4 rings (SSSR count). The molecule has 0 aliphatic carbocycles. The Morgan fingerprint density at radius 3 is 2.41 bits per heavy atom. The largest absolute Gasteiger partial charge is 0.368 e. The summed E-state index contributed by atoms with van der Waals surface area (Å²) >= 11 is 1.33. The number of carbonyl (C=O) groups excluding carboxylic acids is 1. The van der Waals surface area contributed by atoms with E-state index in [1.165, 1.54) is 21.6 Å². The van der Waals surface area contributed by atoms with Crippen LogP contribution in [0, 0.1) is 13.8 Å². The molecule has 3 heterocycles. The zero-order valence-electron chi connectivity index (χ0n) is 15.7. The highest BCUT2D eigenvalue weighted by Gasteiger charge is 2.26. The molecular weight excluding hydrogens is 360 g/mol. The Labute approximate surface area is 161 Å². The average Bonchev–Trinajstić information content (AvgIpc) is 3.02. The Morgan fingerprint density at radius 1 is 1.07 bits per heavy atom. The second kappa shape index (κ2) is 6.81. The van der Waals surface area contributed by atoms with E-state index in [0.717, 1.165) is 18.7 Å². The molecule has 1 saturated heterocycles. The van der Waals surface area contributed by atoms with E-state index in [4.69, 9.17) is 0 Å². The zero-order valence-corrected chi connectivity index (χ0v) is 16.5. The minimum atomic E-state index is -0.0841. The number of thiophene rings is 1. The van der Waals surface area contributed by atoms with Crippen LogP contribution < -0.4 is 10.5 Å². The van der Waals surface area contributed by atoms with E-state index in [-0.39, 0.29) is 11.5 Å². The molecule has 1 aliphatic heterocycles. The number of rotatable bonds is 2. The summed E-state index contributed by atoms with van der Waals surface area (Å²) in [6.45, 7) is 6.61. The van der Waals surface area contributed by atoms with Gasteiger partial charge < -0.3 is 9.80 Å². The van der Waals surface area contributed by atoms with E-state index in [1.54, 1.807) is 14.0 Å². The lowest BCUT2D eigenvalue weighted by atomic mass is 10.2. The van der Waals surface area contributed by atoms with Crippen molar-refractivity contribution in [2.75, 3.05) is 31.1 Å². The lowest BCUT2D eigenvalue weighted by Gasteiger charge is -2.36. The molecule has 0 saturated carbocycles. The Morgan fingerprint density at radius 2 is 1.74 bits per heavy atom. The molecule has 1 aliphatic rings. The van der Waals surface area contributed by atoms with Crippen molar-refractivity contribution in [1.29, 1.82) is 0 Å².